The number of carbonyl (C=O) groups is 2. The van der Waals surface area contributed by atoms with E-state index in [1.807, 2.05) is 0 Å². The van der Waals surface area contributed by atoms with Crippen LogP contribution in [0, 0.1) is 15.9 Å². The van der Waals surface area contributed by atoms with Crippen molar-refractivity contribution in [1.29, 1.82) is 0 Å². The second kappa shape index (κ2) is 6.75. The van der Waals surface area contributed by atoms with Gasteiger partial charge in [-0.2, -0.15) is 0 Å². The SMILES string of the molecule is CCN1C(=O)C(Nc2ccc(F)cc2)=C(c2ccc([N+](=O)[O-])cc2)C1=O. The van der Waals surface area contributed by atoms with E-state index >= 15 is 0 Å². The summed E-state index contributed by atoms with van der Waals surface area (Å²) >= 11 is 0. The average molecular weight is 355 g/mol. The van der Waals surface area contributed by atoms with Gasteiger partial charge in [0, 0.05) is 24.4 Å². The molecule has 2 aromatic carbocycles. The van der Waals surface area contributed by atoms with Crippen LogP contribution in [0.15, 0.2) is 54.2 Å². The first kappa shape index (κ1) is 17.3. The van der Waals surface area contributed by atoms with Crippen LogP contribution in [0.25, 0.3) is 5.57 Å². The zero-order valence-corrected chi connectivity index (χ0v) is 13.7. The normalized spacial score (nSPS) is 14.2. The van der Waals surface area contributed by atoms with Crippen LogP contribution in [0.1, 0.15) is 12.5 Å². The maximum atomic E-state index is 13.1. The van der Waals surface area contributed by atoms with E-state index in [1.54, 1.807) is 6.92 Å². The van der Waals surface area contributed by atoms with E-state index in [0.717, 1.165) is 4.90 Å². The van der Waals surface area contributed by atoms with Crippen LogP contribution in [0.3, 0.4) is 0 Å². The molecule has 3 rings (SSSR count). The molecule has 1 aliphatic rings. The third-order valence-electron chi connectivity index (χ3n) is 3.96. The molecule has 0 bridgehead atoms. The summed E-state index contributed by atoms with van der Waals surface area (Å²) in [5, 5.41) is 13.7. The van der Waals surface area contributed by atoms with Crippen molar-refractivity contribution in [1.82, 2.24) is 4.90 Å². The quantitative estimate of drug-likeness (QED) is 0.506. The highest BCUT2D eigenvalue weighted by molar-refractivity contribution is 6.36. The predicted octanol–water partition coefficient (Wildman–Crippen LogP) is 2.95. The van der Waals surface area contributed by atoms with E-state index in [0.29, 0.717) is 11.3 Å². The molecule has 0 aliphatic carbocycles. The summed E-state index contributed by atoms with van der Waals surface area (Å²) < 4.78 is 13.1. The van der Waals surface area contributed by atoms with Crippen molar-refractivity contribution in [3.8, 4) is 0 Å². The fraction of sp³-hybridized carbons (Fsp3) is 0.111. The number of carbonyl (C=O) groups excluding carboxylic acids is 2. The van der Waals surface area contributed by atoms with Crippen molar-refractivity contribution in [2.24, 2.45) is 0 Å². The van der Waals surface area contributed by atoms with Gasteiger partial charge in [-0.3, -0.25) is 24.6 Å². The van der Waals surface area contributed by atoms with Gasteiger partial charge in [-0.15, -0.1) is 0 Å². The van der Waals surface area contributed by atoms with Crippen LogP contribution in [-0.4, -0.2) is 28.2 Å². The molecule has 132 valence electrons. The number of benzene rings is 2. The van der Waals surface area contributed by atoms with Crippen LogP contribution in [-0.2, 0) is 9.59 Å². The van der Waals surface area contributed by atoms with Crippen LogP contribution >= 0.6 is 0 Å². The summed E-state index contributed by atoms with van der Waals surface area (Å²) in [6.07, 6.45) is 0. The minimum absolute atomic E-state index is 0.0531. The minimum Gasteiger partial charge on any atom is -0.350 e. The smallest absolute Gasteiger partial charge is 0.278 e. The lowest BCUT2D eigenvalue weighted by atomic mass is 10.0. The summed E-state index contributed by atoms with van der Waals surface area (Å²) in [6, 6.07) is 10.7. The summed E-state index contributed by atoms with van der Waals surface area (Å²) in [5.74, 6) is -1.42. The number of non-ortho nitro benzene ring substituents is 1. The number of amides is 2. The number of rotatable bonds is 5. The molecule has 0 unspecified atom stereocenters. The third kappa shape index (κ3) is 3.04. The predicted molar refractivity (Wildman–Crippen MR) is 92.4 cm³/mol. The molecule has 7 nitrogen and oxygen atoms in total. The van der Waals surface area contributed by atoms with Gasteiger partial charge in [-0.1, -0.05) is 0 Å². The van der Waals surface area contributed by atoms with Crippen LogP contribution in [0.2, 0.25) is 0 Å². The minimum atomic E-state index is -0.546. The van der Waals surface area contributed by atoms with Crippen molar-refractivity contribution in [3.05, 3.63) is 75.7 Å². The van der Waals surface area contributed by atoms with Gasteiger partial charge in [0.05, 0.1) is 10.5 Å². The lowest BCUT2D eigenvalue weighted by molar-refractivity contribution is -0.384. The van der Waals surface area contributed by atoms with Gasteiger partial charge >= 0.3 is 0 Å². The van der Waals surface area contributed by atoms with Crippen molar-refractivity contribution >= 4 is 28.8 Å². The Bertz CT molecular complexity index is 920. The van der Waals surface area contributed by atoms with Crippen LogP contribution in [0.4, 0.5) is 15.8 Å². The fourth-order valence-corrected chi connectivity index (χ4v) is 2.67. The Morgan fingerprint density at radius 3 is 2.19 bits per heavy atom. The Morgan fingerprint density at radius 2 is 1.65 bits per heavy atom. The maximum absolute atomic E-state index is 13.1. The largest absolute Gasteiger partial charge is 0.350 e. The van der Waals surface area contributed by atoms with Gasteiger partial charge in [-0.25, -0.2) is 4.39 Å². The van der Waals surface area contributed by atoms with E-state index in [2.05, 4.69) is 5.32 Å². The number of halogens is 1. The number of anilines is 1. The molecule has 1 aliphatic heterocycles. The summed E-state index contributed by atoms with van der Waals surface area (Å²) in [6.45, 7) is 1.85. The average Bonchev–Trinajstić information content (AvgIpc) is 2.86. The molecule has 0 atom stereocenters. The number of imide groups is 1. The van der Waals surface area contributed by atoms with Crippen molar-refractivity contribution < 1.29 is 18.9 Å². The van der Waals surface area contributed by atoms with Gasteiger partial charge in [0.1, 0.15) is 11.5 Å². The molecule has 1 heterocycles. The van der Waals surface area contributed by atoms with E-state index < -0.39 is 22.6 Å². The van der Waals surface area contributed by atoms with Gasteiger partial charge in [0.25, 0.3) is 17.5 Å². The van der Waals surface area contributed by atoms with E-state index in [-0.39, 0.29) is 23.5 Å². The van der Waals surface area contributed by atoms with Gasteiger partial charge < -0.3 is 5.32 Å². The number of likely N-dealkylation sites (N-methyl/N-ethyl adjacent to an activating group) is 1. The van der Waals surface area contributed by atoms with Gasteiger partial charge in [0.2, 0.25) is 0 Å². The molecule has 0 aromatic heterocycles. The van der Waals surface area contributed by atoms with E-state index in [4.69, 9.17) is 0 Å². The molecule has 2 aromatic rings. The summed E-state index contributed by atoms with van der Waals surface area (Å²) in [7, 11) is 0. The highest BCUT2D eigenvalue weighted by Crippen LogP contribution is 2.31. The Hall–Kier alpha value is -3.55. The molecule has 0 fully saturated rings. The molecule has 0 radical (unpaired) electrons. The number of nitro benzene ring substituents is 1. The van der Waals surface area contributed by atoms with Crippen LogP contribution < -0.4 is 5.32 Å². The zero-order valence-electron chi connectivity index (χ0n) is 13.7. The highest BCUT2D eigenvalue weighted by Gasteiger charge is 2.38. The molecule has 8 heteroatoms. The first-order valence-electron chi connectivity index (χ1n) is 7.80. The Kier molecular flexibility index (Phi) is 4.49. The monoisotopic (exact) mass is 355 g/mol. The first-order chi connectivity index (χ1) is 12.4. The Balaban J connectivity index is 2.06. The molecule has 26 heavy (non-hydrogen) atoms. The Labute approximate surface area is 147 Å². The molecular weight excluding hydrogens is 341 g/mol. The summed E-state index contributed by atoms with van der Waals surface area (Å²) in [4.78, 5) is 36.5. The standard InChI is InChI=1S/C18H14FN3O4/c1-2-21-17(23)15(11-3-9-14(10-4-11)22(25)26)16(18(21)24)20-13-7-5-12(19)6-8-13/h3-10,20H,2H2,1H3. The molecule has 0 saturated carbocycles. The molecule has 0 saturated heterocycles. The number of nitrogens with zero attached hydrogens (tertiary/aromatic N) is 2. The van der Waals surface area contributed by atoms with Gasteiger partial charge in [0.15, 0.2) is 0 Å². The molecule has 0 spiro atoms. The zero-order chi connectivity index (χ0) is 18.8. The van der Waals surface area contributed by atoms with Crippen molar-refractivity contribution in [3.63, 3.8) is 0 Å². The number of hydrogen-bond acceptors (Lipinski definition) is 5. The number of nitrogens with one attached hydrogen (secondary N) is 1. The summed E-state index contributed by atoms with van der Waals surface area (Å²) in [5.41, 5.74) is 0.884. The first-order valence-corrected chi connectivity index (χ1v) is 7.80. The van der Waals surface area contributed by atoms with Crippen molar-refractivity contribution in [2.45, 2.75) is 6.92 Å². The van der Waals surface area contributed by atoms with E-state index in [1.165, 1.54) is 48.5 Å². The number of hydrogen-bond donors (Lipinski definition) is 1. The molecule has 2 amide bonds. The maximum Gasteiger partial charge on any atom is 0.278 e. The topological polar surface area (TPSA) is 92.6 Å². The second-order valence-corrected chi connectivity index (χ2v) is 5.54. The second-order valence-electron chi connectivity index (χ2n) is 5.54. The van der Waals surface area contributed by atoms with E-state index in [9.17, 15) is 24.1 Å². The fourth-order valence-electron chi connectivity index (χ4n) is 2.67. The lowest BCUT2D eigenvalue weighted by Gasteiger charge is -2.12. The highest BCUT2D eigenvalue weighted by atomic mass is 19.1. The Morgan fingerprint density at radius 1 is 1.04 bits per heavy atom. The number of nitro groups is 1. The molecule has 1 N–H and O–H groups in total. The third-order valence-corrected chi connectivity index (χ3v) is 3.96. The van der Waals surface area contributed by atoms with Crippen LogP contribution in [0.5, 0.6) is 0 Å². The lowest BCUT2D eigenvalue weighted by Crippen LogP contribution is -2.32. The van der Waals surface area contributed by atoms with Gasteiger partial charge in [-0.05, 0) is 48.9 Å². The van der Waals surface area contributed by atoms with Crippen molar-refractivity contribution in [2.75, 3.05) is 11.9 Å². The molecular formula is C18H14FN3O4.